The van der Waals surface area contributed by atoms with Crippen LogP contribution in [0.1, 0.15) is 13.3 Å². The van der Waals surface area contributed by atoms with Gasteiger partial charge in [-0.2, -0.15) is 0 Å². The van der Waals surface area contributed by atoms with Gasteiger partial charge in [-0.3, -0.25) is 4.79 Å². The summed E-state index contributed by atoms with van der Waals surface area (Å²) >= 11 is 4.67. The fourth-order valence-electron chi connectivity index (χ4n) is 1.67. The molecule has 0 fully saturated rings. The van der Waals surface area contributed by atoms with Crippen LogP contribution in [0, 0.1) is 0 Å². The molecule has 0 atom stereocenters. The van der Waals surface area contributed by atoms with Gasteiger partial charge in [-0.25, -0.2) is 0 Å². The largest absolute Gasteiger partial charge is 0.378 e. The third kappa shape index (κ3) is 6.04. The number of rotatable bonds is 8. The zero-order chi connectivity index (χ0) is 16.7. The van der Waals surface area contributed by atoms with Crippen molar-refractivity contribution in [3.63, 3.8) is 0 Å². The summed E-state index contributed by atoms with van der Waals surface area (Å²) in [5, 5.41) is 11.1. The molecule has 0 saturated heterocycles. The summed E-state index contributed by atoms with van der Waals surface area (Å²) in [5.41, 5.74) is 1.90. The highest BCUT2D eigenvalue weighted by atomic mass is 32.2. The van der Waals surface area contributed by atoms with E-state index in [-0.39, 0.29) is 5.91 Å². The van der Waals surface area contributed by atoms with Crippen LogP contribution in [0.25, 0.3) is 0 Å². The maximum absolute atomic E-state index is 12.0. The Labute approximate surface area is 149 Å². The molecule has 2 aromatic rings. The summed E-state index contributed by atoms with van der Waals surface area (Å²) < 4.78 is 1.80. The number of carbonyl (C=O) groups excluding carboxylic acids is 1. The van der Waals surface area contributed by atoms with Crippen LogP contribution >= 0.6 is 34.9 Å². The van der Waals surface area contributed by atoms with E-state index in [0.717, 1.165) is 32.2 Å². The van der Waals surface area contributed by atoms with Gasteiger partial charge >= 0.3 is 0 Å². The van der Waals surface area contributed by atoms with E-state index in [9.17, 15) is 4.79 Å². The molecule has 0 radical (unpaired) electrons. The van der Waals surface area contributed by atoms with Gasteiger partial charge in [0.05, 0.1) is 5.75 Å². The molecule has 1 N–H and O–H groups in total. The number of benzene rings is 1. The number of hydrogen-bond donors (Lipinski definition) is 1. The van der Waals surface area contributed by atoms with Crippen LogP contribution in [0.15, 0.2) is 32.9 Å². The van der Waals surface area contributed by atoms with Crippen LogP contribution in [0.4, 0.5) is 11.4 Å². The van der Waals surface area contributed by atoms with Crippen LogP contribution in [0.3, 0.4) is 0 Å². The van der Waals surface area contributed by atoms with Crippen molar-refractivity contribution < 1.29 is 4.79 Å². The second kappa shape index (κ2) is 9.14. The number of carbonyl (C=O) groups is 1. The van der Waals surface area contributed by atoms with Crippen molar-refractivity contribution in [2.24, 2.45) is 0 Å². The molecule has 0 spiro atoms. The highest BCUT2D eigenvalue weighted by Gasteiger charge is 2.09. The smallest absolute Gasteiger partial charge is 0.234 e. The predicted octanol–water partition coefficient (Wildman–Crippen LogP) is 3.84. The molecule has 0 saturated carbocycles. The first-order chi connectivity index (χ1) is 11.1. The maximum atomic E-state index is 12.0. The Morgan fingerprint density at radius 3 is 2.43 bits per heavy atom. The lowest BCUT2D eigenvalue weighted by Crippen LogP contribution is -2.14. The molecule has 0 aliphatic heterocycles. The van der Waals surface area contributed by atoms with Gasteiger partial charge in [0.25, 0.3) is 0 Å². The van der Waals surface area contributed by atoms with E-state index in [1.54, 1.807) is 23.1 Å². The minimum atomic E-state index is -0.0365. The van der Waals surface area contributed by atoms with E-state index in [0.29, 0.717) is 5.75 Å². The first-order valence-electron chi connectivity index (χ1n) is 7.25. The molecule has 0 unspecified atom stereocenters. The average molecular weight is 369 g/mol. The number of hydrogen-bond acceptors (Lipinski definition) is 7. The highest BCUT2D eigenvalue weighted by molar-refractivity contribution is 8.03. The number of aromatic nitrogens is 2. The van der Waals surface area contributed by atoms with Crippen molar-refractivity contribution in [1.29, 1.82) is 0 Å². The molecular weight excluding hydrogens is 348 g/mol. The Morgan fingerprint density at radius 1 is 1.17 bits per heavy atom. The van der Waals surface area contributed by atoms with Gasteiger partial charge in [-0.1, -0.05) is 41.8 Å². The highest BCUT2D eigenvalue weighted by Crippen LogP contribution is 2.29. The standard InChI is InChI=1S/C15H20N4OS3/c1-4-9-21-14-17-18-15(23-14)22-10-13(20)16-11-5-7-12(8-6-11)19(2)3/h5-8H,4,9-10H2,1-3H3,(H,16,20). The Bertz CT molecular complexity index is 628. The molecule has 2 rings (SSSR count). The molecule has 0 aliphatic carbocycles. The van der Waals surface area contributed by atoms with Crippen LogP contribution in [0.5, 0.6) is 0 Å². The first kappa shape index (κ1) is 18.1. The zero-order valence-corrected chi connectivity index (χ0v) is 15.9. The first-order valence-corrected chi connectivity index (χ1v) is 10.0. The number of anilines is 2. The molecule has 124 valence electrons. The Morgan fingerprint density at radius 2 is 1.83 bits per heavy atom. The minimum absolute atomic E-state index is 0.0365. The lowest BCUT2D eigenvalue weighted by Gasteiger charge is -2.12. The average Bonchev–Trinajstić information content (AvgIpc) is 2.99. The lowest BCUT2D eigenvalue weighted by molar-refractivity contribution is -0.113. The number of nitrogens with zero attached hydrogens (tertiary/aromatic N) is 3. The summed E-state index contributed by atoms with van der Waals surface area (Å²) in [7, 11) is 3.97. The predicted molar refractivity (Wildman–Crippen MR) is 101 cm³/mol. The summed E-state index contributed by atoms with van der Waals surface area (Å²) in [6, 6.07) is 7.76. The quantitative estimate of drug-likeness (QED) is 0.715. The van der Waals surface area contributed by atoms with Gasteiger partial charge in [0, 0.05) is 31.2 Å². The molecule has 23 heavy (non-hydrogen) atoms. The van der Waals surface area contributed by atoms with Gasteiger partial charge in [-0.05, 0) is 30.7 Å². The monoisotopic (exact) mass is 368 g/mol. The Balaban J connectivity index is 1.79. The number of nitrogens with one attached hydrogen (secondary N) is 1. The normalized spacial score (nSPS) is 10.6. The van der Waals surface area contributed by atoms with Crippen molar-refractivity contribution in [1.82, 2.24) is 10.2 Å². The molecule has 0 aliphatic rings. The van der Waals surface area contributed by atoms with Gasteiger partial charge in [0.15, 0.2) is 8.68 Å². The van der Waals surface area contributed by atoms with E-state index in [2.05, 4.69) is 22.4 Å². The van der Waals surface area contributed by atoms with Gasteiger partial charge in [0.1, 0.15) is 0 Å². The number of thioether (sulfide) groups is 2. The van der Waals surface area contributed by atoms with Gasteiger partial charge < -0.3 is 10.2 Å². The summed E-state index contributed by atoms with van der Waals surface area (Å²) in [4.78, 5) is 14.0. The molecule has 0 bridgehead atoms. The van der Waals surface area contributed by atoms with E-state index < -0.39 is 0 Å². The van der Waals surface area contributed by atoms with E-state index in [1.807, 2.05) is 43.3 Å². The molecule has 1 aromatic carbocycles. The second-order valence-electron chi connectivity index (χ2n) is 4.96. The molecule has 1 heterocycles. The minimum Gasteiger partial charge on any atom is -0.378 e. The Hall–Kier alpha value is -1.25. The summed E-state index contributed by atoms with van der Waals surface area (Å²) in [6.07, 6.45) is 1.11. The third-order valence-electron chi connectivity index (χ3n) is 2.81. The molecule has 5 nitrogen and oxygen atoms in total. The van der Waals surface area contributed by atoms with Crippen LogP contribution in [-0.4, -0.2) is 41.7 Å². The van der Waals surface area contributed by atoms with E-state index >= 15 is 0 Å². The van der Waals surface area contributed by atoms with Crippen molar-refractivity contribution in [3.8, 4) is 0 Å². The SMILES string of the molecule is CCCSc1nnc(SCC(=O)Nc2ccc(N(C)C)cc2)s1. The van der Waals surface area contributed by atoms with Gasteiger partial charge in [0.2, 0.25) is 5.91 Å². The fourth-order valence-corrected chi connectivity index (χ4v) is 4.42. The zero-order valence-electron chi connectivity index (χ0n) is 13.4. The lowest BCUT2D eigenvalue weighted by atomic mass is 10.2. The number of amides is 1. The summed E-state index contributed by atoms with van der Waals surface area (Å²) in [6.45, 7) is 2.14. The van der Waals surface area contributed by atoms with Crippen molar-refractivity contribution >= 4 is 52.1 Å². The Kier molecular flexibility index (Phi) is 7.19. The van der Waals surface area contributed by atoms with Crippen molar-refractivity contribution in [2.75, 3.05) is 35.8 Å². The molecule has 1 aromatic heterocycles. The van der Waals surface area contributed by atoms with Crippen molar-refractivity contribution in [3.05, 3.63) is 24.3 Å². The molecular formula is C15H20N4OS3. The topological polar surface area (TPSA) is 58.1 Å². The van der Waals surface area contributed by atoms with Gasteiger partial charge in [-0.15, -0.1) is 10.2 Å². The molecule has 1 amide bonds. The molecule has 8 heteroatoms. The summed E-state index contributed by atoms with van der Waals surface area (Å²) in [5.74, 6) is 1.34. The van der Waals surface area contributed by atoms with E-state index in [4.69, 9.17) is 0 Å². The maximum Gasteiger partial charge on any atom is 0.234 e. The second-order valence-corrected chi connectivity index (χ2v) is 8.50. The van der Waals surface area contributed by atoms with Crippen molar-refractivity contribution in [2.45, 2.75) is 22.0 Å². The van der Waals surface area contributed by atoms with Crippen LogP contribution < -0.4 is 10.2 Å². The van der Waals surface area contributed by atoms with Crippen LogP contribution in [0.2, 0.25) is 0 Å². The fraction of sp³-hybridized carbons (Fsp3) is 0.400. The van der Waals surface area contributed by atoms with E-state index in [1.165, 1.54) is 11.8 Å². The van der Waals surface area contributed by atoms with Crippen LogP contribution in [-0.2, 0) is 4.79 Å². The third-order valence-corrected chi connectivity index (χ3v) is 6.21.